The fraction of sp³-hybridized carbons (Fsp3) is 0.105. The van der Waals surface area contributed by atoms with Gasteiger partial charge in [-0.2, -0.15) is 0 Å². The van der Waals surface area contributed by atoms with Gasteiger partial charge in [0.1, 0.15) is 25.3 Å². The van der Waals surface area contributed by atoms with Crippen LogP contribution in [0.25, 0.3) is 11.6 Å². The molecule has 156 valence electrons. The van der Waals surface area contributed by atoms with Gasteiger partial charge in [0.25, 0.3) is 0 Å². The van der Waals surface area contributed by atoms with Crippen molar-refractivity contribution in [3.05, 3.63) is 91.9 Å². The molecule has 0 unspecified atom stereocenters. The van der Waals surface area contributed by atoms with Gasteiger partial charge in [0, 0.05) is 28.0 Å². The van der Waals surface area contributed by atoms with E-state index < -0.39 is 5.09 Å². The molecular formula is C19H14Cl3N3O5. The maximum atomic E-state index is 11.1. The zero-order chi connectivity index (χ0) is 21.5. The number of hydrogen-bond donors (Lipinski definition) is 0. The van der Waals surface area contributed by atoms with Crippen LogP contribution < -0.4 is 4.74 Å². The van der Waals surface area contributed by atoms with Crippen LogP contribution in [-0.4, -0.2) is 27.9 Å². The summed E-state index contributed by atoms with van der Waals surface area (Å²) in [4.78, 5) is 19.8. The third-order valence-corrected chi connectivity index (χ3v) is 4.48. The average molecular weight is 471 g/mol. The van der Waals surface area contributed by atoms with Crippen molar-refractivity contribution in [3.63, 3.8) is 0 Å². The smallest absolute Gasteiger partial charge is 0.301 e. The summed E-state index contributed by atoms with van der Waals surface area (Å²) in [5.41, 5.74) is 0.345. The third-order valence-electron chi connectivity index (χ3n) is 3.68. The summed E-state index contributed by atoms with van der Waals surface area (Å²) in [6.07, 6.45) is 4.24. The first-order valence-electron chi connectivity index (χ1n) is 8.45. The van der Waals surface area contributed by atoms with Crippen molar-refractivity contribution >= 4 is 46.4 Å². The Kier molecular flexibility index (Phi) is 7.40. The number of ether oxygens (including phenoxy) is 2. The van der Waals surface area contributed by atoms with Crippen molar-refractivity contribution in [2.75, 3.05) is 13.2 Å². The molecule has 8 nitrogen and oxygen atoms in total. The molecule has 0 aliphatic carbocycles. The molecular weight excluding hydrogens is 457 g/mol. The molecule has 2 aromatic carbocycles. The van der Waals surface area contributed by atoms with E-state index in [4.69, 9.17) is 49.1 Å². The van der Waals surface area contributed by atoms with Gasteiger partial charge in [0.05, 0.1) is 5.02 Å². The van der Waals surface area contributed by atoms with Gasteiger partial charge in [-0.25, -0.2) is 4.98 Å². The van der Waals surface area contributed by atoms with Crippen LogP contribution in [0.2, 0.25) is 15.1 Å². The highest BCUT2D eigenvalue weighted by atomic mass is 35.5. The quantitative estimate of drug-likeness (QED) is 0.179. The van der Waals surface area contributed by atoms with Gasteiger partial charge in [-0.3, -0.25) is 9.40 Å². The lowest BCUT2D eigenvalue weighted by molar-refractivity contribution is -0.731. The highest BCUT2D eigenvalue weighted by Crippen LogP contribution is 2.32. The van der Waals surface area contributed by atoms with Crippen molar-refractivity contribution < 1.29 is 19.4 Å². The van der Waals surface area contributed by atoms with Gasteiger partial charge in [-0.1, -0.05) is 34.8 Å². The van der Waals surface area contributed by atoms with Gasteiger partial charge in [-0.05, 0) is 42.5 Å². The first-order chi connectivity index (χ1) is 14.4. The Labute approximate surface area is 186 Å². The number of aromatic nitrogens is 2. The average Bonchev–Trinajstić information content (AvgIpc) is 3.23. The van der Waals surface area contributed by atoms with Gasteiger partial charge in [0.2, 0.25) is 5.88 Å². The van der Waals surface area contributed by atoms with Crippen molar-refractivity contribution in [3.8, 4) is 5.75 Å². The van der Waals surface area contributed by atoms with Crippen LogP contribution >= 0.6 is 34.8 Å². The minimum absolute atomic E-state index is 0.0195. The molecule has 11 heteroatoms. The maximum Gasteiger partial charge on any atom is 0.301 e. The van der Waals surface area contributed by atoms with Gasteiger partial charge < -0.3 is 9.47 Å². The summed E-state index contributed by atoms with van der Waals surface area (Å²) < 4.78 is 12.7. The lowest BCUT2D eigenvalue weighted by atomic mass is 10.2. The molecule has 0 aliphatic rings. The van der Waals surface area contributed by atoms with Crippen LogP contribution in [0, 0.1) is 10.1 Å². The van der Waals surface area contributed by atoms with E-state index in [-0.39, 0.29) is 29.9 Å². The monoisotopic (exact) mass is 469 g/mol. The van der Waals surface area contributed by atoms with E-state index in [0.717, 1.165) is 0 Å². The molecule has 0 N–H and O–H groups in total. The number of benzene rings is 2. The molecule has 3 aromatic rings. The molecule has 0 fully saturated rings. The lowest BCUT2D eigenvalue weighted by Gasteiger charge is -2.17. The summed E-state index contributed by atoms with van der Waals surface area (Å²) >= 11 is 18.1. The number of halogens is 3. The number of imidazole rings is 1. The SMILES string of the molecule is O=[N+]([O-])O/C(=C(/OCCOc1ccc(Cl)cc1)c1ccc(Cl)cc1Cl)n1ccnc1. The van der Waals surface area contributed by atoms with Crippen LogP contribution in [0.4, 0.5) is 0 Å². The van der Waals surface area contributed by atoms with Crippen LogP contribution in [0.3, 0.4) is 0 Å². The number of rotatable bonds is 9. The fourth-order valence-corrected chi connectivity index (χ4v) is 3.04. The van der Waals surface area contributed by atoms with Gasteiger partial charge in [-0.15, -0.1) is 10.1 Å². The van der Waals surface area contributed by atoms with E-state index in [1.165, 1.54) is 29.4 Å². The molecule has 1 heterocycles. The second-order valence-electron chi connectivity index (χ2n) is 5.69. The second-order valence-corrected chi connectivity index (χ2v) is 6.97. The number of hydrogen-bond acceptors (Lipinski definition) is 6. The molecule has 3 rings (SSSR count). The molecule has 1 aromatic heterocycles. The maximum absolute atomic E-state index is 11.1. The molecule has 0 saturated carbocycles. The Bertz CT molecular complexity index is 1040. The Morgan fingerprint density at radius 3 is 2.43 bits per heavy atom. The van der Waals surface area contributed by atoms with E-state index in [1.807, 2.05) is 0 Å². The highest BCUT2D eigenvalue weighted by molar-refractivity contribution is 6.35. The Hall–Kier alpha value is -2.94. The van der Waals surface area contributed by atoms with E-state index in [2.05, 4.69) is 4.98 Å². The van der Waals surface area contributed by atoms with Gasteiger partial charge in [0.15, 0.2) is 5.76 Å². The van der Waals surface area contributed by atoms with Crippen molar-refractivity contribution in [2.45, 2.75) is 0 Å². The predicted molar refractivity (Wildman–Crippen MR) is 113 cm³/mol. The summed E-state index contributed by atoms with van der Waals surface area (Å²) in [5, 5.41) is 11.3. The topological polar surface area (TPSA) is 88.7 Å². The summed E-state index contributed by atoms with van der Waals surface area (Å²) in [5.74, 6) is 0.383. The van der Waals surface area contributed by atoms with Crippen molar-refractivity contribution in [1.82, 2.24) is 9.55 Å². The zero-order valence-corrected chi connectivity index (χ0v) is 17.5. The second kappa shape index (κ2) is 10.2. The standard InChI is InChI=1S/C19H14Cl3N3O5/c20-13-1-4-15(5-2-13)28-9-10-29-18(16-6-3-14(21)11-17(16)22)19(30-25(26)27)24-8-7-23-12-24/h1-8,11-12H,9-10H2/b19-18+. The summed E-state index contributed by atoms with van der Waals surface area (Å²) in [6, 6.07) is 11.4. The van der Waals surface area contributed by atoms with Crippen molar-refractivity contribution in [2.24, 2.45) is 0 Å². The Balaban J connectivity index is 1.88. The van der Waals surface area contributed by atoms with Gasteiger partial charge >= 0.3 is 5.09 Å². The molecule has 0 spiro atoms. The molecule has 0 bridgehead atoms. The Morgan fingerprint density at radius 2 is 1.80 bits per heavy atom. The first-order valence-corrected chi connectivity index (χ1v) is 9.59. The zero-order valence-electron chi connectivity index (χ0n) is 15.2. The molecule has 0 saturated heterocycles. The Morgan fingerprint density at radius 1 is 1.07 bits per heavy atom. The molecule has 30 heavy (non-hydrogen) atoms. The predicted octanol–water partition coefficient (Wildman–Crippen LogP) is 5.43. The molecule has 0 radical (unpaired) electrons. The van der Waals surface area contributed by atoms with Crippen LogP contribution in [-0.2, 0) is 9.57 Å². The molecule has 0 amide bonds. The number of nitrogens with zero attached hydrogens (tertiary/aromatic N) is 3. The van der Waals surface area contributed by atoms with Crippen LogP contribution in [0.1, 0.15) is 5.56 Å². The third kappa shape index (κ3) is 5.79. The van der Waals surface area contributed by atoms with E-state index in [0.29, 0.717) is 21.4 Å². The normalized spacial score (nSPS) is 11.6. The summed E-state index contributed by atoms with van der Waals surface area (Å²) in [6.45, 7) is 0.183. The van der Waals surface area contributed by atoms with E-state index in [9.17, 15) is 10.1 Å². The lowest BCUT2D eigenvalue weighted by Crippen LogP contribution is -2.12. The van der Waals surface area contributed by atoms with Crippen LogP contribution in [0.5, 0.6) is 5.75 Å². The minimum atomic E-state index is -0.952. The van der Waals surface area contributed by atoms with E-state index in [1.54, 1.807) is 36.4 Å². The highest BCUT2D eigenvalue weighted by Gasteiger charge is 2.20. The molecule has 0 atom stereocenters. The first kappa shape index (κ1) is 21.8. The van der Waals surface area contributed by atoms with E-state index >= 15 is 0 Å². The fourth-order valence-electron chi connectivity index (χ4n) is 2.42. The van der Waals surface area contributed by atoms with Crippen LogP contribution in [0.15, 0.2) is 61.2 Å². The molecule has 0 aliphatic heterocycles. The summed E-state index contributed by atoms with van der Waals surface area (Å²) in [7, 11) is 0. The largest absolute Gasteiger partial charge is 0.490 e. The van der Waals surface area contributed by atoms with Crippen molar-refractivity contribution in [1.29, 1.82) is 0 Å². The minimum Gasteiger partial charge on any atom is -0.490 e.